The lowest BCUT2D eigenvalue weighted by Gasteiger charge is -2.26. The molecule has 106 valence electrons. The lowest BCUT2D eigenvalue weighted by molar-refractivity contribution is 0.0322. The molecule has 0 atom stereocenters. The molecule has 0 bridgehead atoms. The summed E-state index contributed by atoms with van der Waals surface area (Å²) in [7, 11) is 0. The third kappa shape index (κ3) is 5.19. The molecular weight excluding hydrogens is 240 g/mol. The fourth-order valence-corrected chi connectivity index (χ4v) is 2.13. The molecule has 4 nitrogen and oxygen atoms in total. The van der Waals surface area contributed by atoms with Crippen LogP contribution in [-0.2, 0) is 11.3 Å². The summed E-state index contributed by atoms with van der Waals surface area (Å²) in [6.07, 6.45) is 0. The normalized spacial score (nSPS) is 16.5. The van der Waals surface area contributed by atoms with E-state index in [4.69, 9.17) is 9.47 Å². The molecule has 19 heavy (non-hydrogen) atoms. The van der Waals surface area contributed by atoms with Crippen molar-refractivity contribution in [1.29, 1.82) is 0 Å². The topological polar surface area (TPSA) is 33.7 Å². The van der Waals surface area contributed by atoms with E-state index in [1.807, 2.05) is 6.07 Å². The van der Waals surface area contributed by atoms with Gasteiger partial charge in [0.15, 0.2) is 0 Å². The van der Waals surface area contributed by atoms with E-state index >= 15 is 0 Å². The van der Waals surface area contributed by atoms with Gasteiger partial charge in [0.05, 0.1) is 13.2 Å². The molecule has 1 aromatic carbocycles. The Balaban J connectivity index is 1.72. The van der Waals surface area contributed by atoms with Gasteiger partial charge in [0, 0.05) is 26.2 Å². The van der Waals surface area contributed by atoms with Crippen LogP contribution in [-0.4, -0.2) is 50.9 Å². The van der Waals surface area contributed by atoms with Crippen molar-refractivity contribution in [2.24, 2.45) is 0 Å². The van der Waals surface area contributed by atoms with E-state index in [1.54, 1.807) is 0 Å². The van der Waals surface area contributed by atoms with Gasteiger partial charge in [-0.3, -0.25) is 4.90 Å². The third-order valence-electron chi connectivity index (χ3n) is 3.26. The van der Waals surface area contributed by atoms with Crippen molar-refractivity contribution in [1.82, 2.24) is 10.2 Å². The van der Waals surface area contributed by atoms with Gasteiger partial charge in [-0.2, -0.15) is 0 Å². The molecule has 0 radical (unpaired) electrons. The van der Waals surface area contributed by atoms with Crippen molar-refractivity contribution in [2.75, 3.05) is 46.0 Å². The molecule has 1 heterocycles. The molecule has 4 heteroatoms. The smallest absolute Gasteiger partial charge is 0.119 e. The maximum absolute atomic E-state index is 5.82. The summed E-state index contributed by atoms with van der Waals surface area (Å²) in [5.41, 5.74) is 1.27. The number of rotatable bonds is 7. The minimum Gasteiger partial charge on any atom is -0.492 e. The summed E-state index contributed by atoms with van der Waals surface area (Å²) >= 11 is 0. The van der Waals surface area contributed by atoms with Gasteiger partial charge in [-0.15, -0.1) is 0 Å². The highest BCUT2D eigenvalue weighted by Gasteiger charge is 2.09. The van der Waals surface area contributed by atoms with E-state index in [0.29, 0.717) is 0 Å². The molecule has 1 aromatic rings. The van der Waals surface area contributed by atoms with Gasteiger partial charge in [0.2, 0.25) is 0 Å². The Kier molecular flexibility index (Phi) is 6.14. The van der Waals surface area contributed by atoms with Gasteiger partial charge in [-0.1, -0.05) is 19.1 Å². The van der Waals surface area contributed by atoms with Crippen LogP contribution >= 0.6 is 0 Å². The molecule has 0 aliphatic carbocycles. The van der Waals surface area contributed by atoms with Crippen molar-refractivity contribution in [3.63, 3.8) is 0 Å². The van der Waals surface area contributed by atoms with Crippen molar-refractivity contribution < 1.29 is 9.47 Å². The number of ether oxygens (including phenoxy) is 2. The van der Waals surface area contributed by atoms with E-state index in [1.165, 1.54) is 5.56 Å². The summed E-state index contributed by atoms with van der Waals surface area (Å²) in [6, 6.07) is 8.31. The molecule has 1 aliphatic rings. The Morgan fingerprint density at radius 1 is 1.32 bits per heavy atom. The molecule has 0 aromatic heterocycles. The van der Waals surface area contributed by atoms with E-state index in [2.05, 4.69) is 35.3 Å². The second-order valence-electron chi connectivity index (χ2n) is 4.73. The van der Waals surface area contributed by atoms with Gasteiger partial charge in [-0.25, -0.2) is 0 Å². The van der Waals surface area contributed by atoms with Gasteiger partial charge in [0.1, 0.15) is 12.4 Å². The Morgan fingerprint density at radius 3 is 2.95 bits per heavy atom. The van der Waals surface area contributed by atoms with Gasteiger partial charge in [0.25, 0.3) is 0 Å². The maximum atomic E-state index is 5.82. The van der Waals surface area contributed by atoms with Crippen LogP contribution in [0.4, 0.5) is 0 Å². The molecule has 0 saturated carbocycles. The minimum atomic E-state index is 0.741. The van der Waals surface area contributed by atoms with Crippen LogP contribution in [0.25, 0.3) is 0 Å². The lowest BCUT2D eigenvalue weighted by atomic mass is 10.2. The van der Waals surface area contributed by atoms with E-state index in [9.17, 15) is 0 Å². The molecule has 0 amide bonds. The maximum Gasteiger partial charge on any atom is 0.119 e. The van der Waals surface area contributed by atoms with Crippen molar-refractivity contribution in [3.05, 3.63) is 29.8 Å². The van der Waals surface area contributed by atoms with E-state index in [0.717, 1.165) is 58.3 Å². The molecule has 1 aliphatic heterocycles. The van der Waals surface area contributed by atoms with E-state index in [-0.39, 0.29) is 0 Å². The standard InChI is InChI=1S/C15H24N2O2/c1-2-16-13-14-4-3-5-15(12-14)19-11-8-17-6-9-18-10-7-17/h3-5,12,16H,2,6-11,13H2,1H3. The van der Waals surface area contributed by atoms with Crippen LogP contribution in [0.5, 0.6) is 5.75 Å². The second kappa shape index (κ2) is 8.15. The Labute approximate surface area is 115 Å². The van der Waals surface area contributed by atoms with Crippen molar-refractivity contribution in [2.45, 2.75) is 13.5 Å². The fraction of sp³-hybridized carbons (Fsp3) is 0.600. The lowest BCUT2D eigenvalue weighted by Crippen LogP contribution is -2.38. The van der Waals surface area contributed by atoms with E-state index < -0.39 is 0 Å². The van der Waals surface area contributed by atoms with Crippen LogP contribution in [0, 0.1) is 0 Å². The Bertz CT molecular complexity index is 365. The number of hydrogen-bond acceptors (Lipinski definition) is 4. The van der Waals surface area contributed by atoms with Gasteiger partial charge < -0.3 is 14.8 Å². The Morgan fingerprint density at radius 2 is 2.16 bits per heavy atom. The first-order valence-electron chi connectivity index (χ1n) is 7.11. The van der Waals surface area contributed by atoms with Crippen molar-refractivity contribution in [3.8, 4) is 5.75 Å². The SMILES string of the molecule is CCNCc1cccc(OCCN2CCOCC2)c1. The zero-order valence-electron chi connectivity index (χ0n) is 11.7. The predicted molar refractivity (Wildman–Crippen MR) is 76.6 cm³/mol. The number of hydrogen-bond donors (Lipinski definition) is 1. The average Bonchev–Trinajstić information content (AvgIpc) is 2.47. The van der Waals surface area contributed by atoms with Crippen LogP contribution in [0.3, 0.4) is 0 Å². The first-order valence-corrected chi connectivity index (χ1v) is 7.11. The van der Waals surface area contributed by atoms with Crippen LogP contribution < -0.4 is 10.1 Å². The third-order valence-corrected chi connectivity index (χ3v) is 3.26. The number of nitrogens with zero attached hydrogens (tertiary/aromatic N) is 1. The van der Waals surface area contributed by atoms with Crippen molar-refractivity contribution >= 4 is 0 Å². The summed E-state index contributed by atoms with van der Waals surface area (Å²) in [4.78, 5) is 2.38. The largest absolute Gasteiger partial charge is 0.492 e. The Hall–Kier alpha value is -1.10. The molecule has 0 spiro atoms. The second-order valence-corrected chi connectivity index (χ2v) is 4.73. The van der Waals surface area contributed by atoms with Crippen LogP contribution in [0.2, 0.25) is 0 Å². The predicted octanol–water partition coefficient (Wildman–Crippen LogP) is 1.51. The molecular formula is C15H24N2O2. The fourth-order valence-electron chi connectivity index (χ4n) is 2.13. The zero-order valence-corrected chi connectivity index (χ0v) is 11.7. The quantitative estimate of drug-likeness (QED) is 0.809. The molecule has 1 saturated heterocycles. The highest BCUT2D eigenvalue weighted by Crippen LogP contribution is 2.13. The minimum absolute atomic E-state index is 0.741. The highest BCUT2D eigenvalue weighted by molar-refractivity contribution is 5.28. The molecule has 0 unspecified atom stereocenters. The molecule has 1 fully saturated rings. The first-order chi connectivity index (χ1) is 9.38. The van der Waals surface area contributed by atoms with Gasteiger partial charge >= 0.3 is 0 Å². The summed E-state index contributed by atoms with van der Waals surface area (Å²) in [5.74, 6) is 0.962. The highest BCUT2D eigenvalue weighted by atomic mass is 16.5. The number of nitrogens with one attached hydrogen (secondary N) is 1. The summed E-state index contributed by atoms with van der Waals surface area (Å²) < 4.78 is 11.1. The zero-order chi connectivity index (χ0) is 13.3. The summed E-state index contributed by atoms with van der Waals surface area (Å²) in [6.45, 7) is 9.44. The average molecular weight is 264 g/mol. The number of benzene rings is 1. The molecule has 1 N–H and O–H groups in total. The molecule has 2 rings (SSSR count). The monoisotopic (exact) mass is 264 g/mol. The summed E-state index contributed by atoms with van der Waals surface area (Å²) in [5, 5.41) is 3.32. The van der Waals surface area contributed by atoms with Crippen LogP contribution in [0.1, 0.15) is 12.5 Å². The number of morpholine rings is 1. The van der Waals surface area contributed by atoms with Gasteiger partial charge in [-0.05, 0) is 24.2 Å². The van der Waals surface area contributed by atoms with Crippen LogP contribution in [0.15, 0.2) is 24.3 Å². The first kappa shape index (κ1) is 14.3.